The Morgan fingerprint density at radius 1 is 1.44 bits per heavy atom. The lowest BCUT2D eigenvalue weighted by Gasteiger charge is -1.95. The molecular formula is C12H10FN3. The normalized spacial score (nSPS) is 9.56. The van der Waals surface area contributed by atoms with E-state index in [1.165, 1.54) is 12.1 Å². The highest BCUT2D eigenvalue weighted by Gasteiger charge is 1.96. The highest BCUT2D eigenvalue weighted by Crippen LogP contribution is 2.10. The van der Waals surface area contributed by atoms with Crippen LogP contribution in [0.15, 0.2) is 36.7 Å². The number of rotatable bonds is 1. The molecule has 3 nitrogen and oxygen atoms in total. The van der Waals surface area contributed by atoms with Crippen LogP contribution in [0.5, 0.6) is 0 Å². The lowest BCUT2D eigenvalue weighted by molar-refractivity contribution is 0.632. The first-order valence-corrected chi connectivity index (χ1v) is 4.77. The summed E-state index contributed by atoms with van der Waals surface area (Å²) in [6.45, 7) is 0.485. The molecule has 0 atom stereocenters. The fraction of sp³-hybridized carbons (Fsp3) is 0.0833. The van der Waals surface area contributed by atoms with Crippen LogP contribution in [0.3, 0.4) is 0 Å². The molecule has 80 valence electrons. The molecule has 0 saturated heterocycles. The van der Waals surface area contributed by atoms with E-state index in [4.69, 9.17) is 5.73 Å². The summed E-state index contributed by atoms with van der Waals surface area (Å²) in [5, 5.41) is 4.00. The summed E-state index contributed by atoms with van der Waals surface area (Å²) in [5.41, 5.74) is 6.10. The second-order valence-electron chi connectivity index (χ2n) is 3.24. The predicted octanol–water partition coefficient (Wildman–Crippen LogP) is 1.66. The standard InChI is InChI=1S/C12H10FN3/c13-11-9-10(4-5-12(11)14)3-1-7-16-8-2-6-15-16/h2,4-6,8-9H,7,14H2. The minimum absolute atomic E-state index is 0.137. The van der Waals surface area contributed by atoms with Gasteiger partial charge in [0, 0.05) is 18.0 Å². The molecule has 0 saturated carbocycles. The Hall–Kier alpha value is -2.28. The number of nitrogens with zero attached hydrogens (tertiary/aromatic N) is 2. The highest BCUT2D eigenvalue weighted by molar-refractivity contribution is 5.46. The van der Waals surface area contributed by atoms with Gasteiger partial charge in [0.2, 0.25) is 0 Å². The van der Waals surface area contributed by atoms with Gasteiger partial charge in [-0.3, -0.25) is 4.68 Å². The average Bonchev–Trinajstić information content (AvgIpc) is 2.76. The van der Waals surface area contributed by atoms with Gasteiger partial charge in [0.15, 0.2) is 0 Å². The van der Waals surface area contributed by atoms with E-state index in [2.05, 4.69) is 16.9 Å². The van der Waals surface area contributed by atoms with Crippen LogP contribution >= 0.6 is 0 Å². The zero-order valence-electron chi connectivity index (χ0n) is 8.52. The average molecular weight is 215 g/mol. The summed E-state index contributed by atoms with van der Waals surface area (Å²) in [6, 6.07) is 6.34. The van der Waals surface area contributed by atoms with E-state index >= 15 is 0 Å². The minimum Gasteiger partial charge on any atom is -0.396 e. The molecule has 0 radical (unpaired) electrons. The monoisotopic (exact) mass is 215 g/mol. The van der Waals surface area contributed by atoms with Gasteiger partial charge < -0.3 is 5.73 Å². The molecule has 0 amide bonds. The molecule has 16 heavy (non-hydrogen) atoms. The summed E-state index contributed by atoms with van der Waals surface area (Å²) < 4.78 is 14.8. The fourth-order valence-electron chi connectivity index (χ4n) is 1.22. The number of nitrogen functional groups attached to an aromatic ring is 1. The summed E-state index contributed by atoms with van der Waals surface area (Å²) in [4.78, 5) is 0. The van der Waals surface area contributed by atoms with Gasteiger partial charge >= 0.3 is 0 Å². The summed E-state index contributed by atoms with van der Waals surface area (Å²) in [6.07, 6.45) is 3.50. The Bertz CT molecular complexity index is 535. The van der Waals surface area contributed by atoms with Crippen LogP contribution in [-0.2, 0) is 6.54 Å². The molecule has 2 rings (SSSR count). The summed E-state index contributed by atoms with van der Waals surface area (Å²) >= 11 is 0. The zero-order chi connectivity index (χ0) is 11.4. The molecule has 0 aliphatic heterocycles. The van der Waals surface area contributed by atoms with Crippen molar-refractivity contribution >= 4 is 5.69 Å². The van der Waals surface area contributed by atoms with E-state index < -0.39 is 5.82 Å². The largest absolute Gasteiger partial charge is 0.396 e. The second kappa shape index (κ2) is 4.49. The van der Waals surface area contributed by atoms with E-state index in [-0.39, 0.29) is 5.69 Å². The molecule has 4 heteroatoms. The van der Waals surface area contributed by atoms with Crippen molar-refractivity contribution < 1.29 is 4.39 Å². The molecule has 0 aliphatic rings. The second-order valence-corrected chi connectivity index (χ2v) is 3.24. The Morgan fingerprint density at radius 2 is 2.31 bits per heavy atom. The van der Waals surface area contributed by atoms with Crippen LogP contribution in [0, 0.1) is 17.7 Å². The molecule has 2 N–H and O–H groups in total. The SMILES string of the molecule is Nc1ccc(C#CCn2cccn2)cc1F. The van der Waals surface area contributed by atoms with Crippen molar-refractivity contribution in [2.45, 2.75) is 6.54 Å². The number of hydrogen-bond donors (Lipinski definition) is 1. The smallest absolute Gasteiger partial charge is 0.147 e. The minimum atomic E-state index is -0.439. The van der Waals surface area contributed by atoms with E-state index in [0.29, 0.717) is 12.1 Å². The van der Waals surface area contributed by atoms with Gasteiger partial charge in [0.05, 0.1) is 5.69 Å². The van der Waals surface area contributed by atoms with Crippen molar-refractivity contribution in [3.05, 3.63) is 48.0 Å². The molecule has 1 heterocycles. The molecule has 0 bridgehead atoms. The zero-order valence-corrected chi connectivity index (χ0v) is 8.52. The number of aromatic nitrogens is 2. The lowest BCUT2D eigenvalue weighted by atomic mass is 10.2. The van der Waals surface area contributed by atoms with Crippen LogP contribution in [0.25, 0.3) is 0 Å². The van der Waals surface area contributed by atoms with Crippen molar-refractivity contribution in [2.24, 2.45) is 0 Å². The molecule has 1 aromatic carbocycles. The van der Waals surface area contributed by atoms with Crippen molar-refractivity contribution in [1.82, 2.24) is 9.78 Å². The fourth-order valence-corrected chi connectivity index (χ4v) is 1.22. The van der Waals surface area contributed by atoms with E-state index in [9.17, 15) is 4.39 Å². The van der Waals surface area contributed by atoms with Gasteiger partial charge in [-0.15, -0.1) is 0 Å². The molecular weight excluding hydrogens is 205 g/mol. The van der Waals surface area contributed by atoms with Crippen LogP contribution in [0.4, 0.5) is 10.1 Å². The first-order chi connectivity index (χ1) is 7.75. The number of anilines is 1. The topological polar surface area (TPSA) is 43.8 Å². The van der Waals surface area contributed by atoms with Crippen LogP contribution in [-0.4, -0.2) is 9.78 Å². The molecule has 0 spiro atoms. The molecule has 0 fully saturated rings. The summed E-state index contributed by atoms with van der Waals surface area (Å²) in [7, 11) is 0. The van der Waals surface area contributed by atoms with E-state index in [1.54, 1.807) is 16.9 Å². The quantitative estimate of drug-likeness (QED) is 0.580. The number of benzene rings is 1. The Morgan fingerprint density at radius 3 is 3.00 bits per heavy atom. The van der Waals surface area contributed by atoms with Crippen molar-refractivity contribution in [2.75, 3.05) is 5.73 Å². The Labute approximate surface area is 92.7 Å². The molecule has 0 unspecified atom stereocenters. The van der Waals surface area contributed by atoms with Crippen LogP contribution in [0.2, 0.25) is 0 Å². The van der Waals surface area contributed by atoms with E-state index in [1.807, 2.05) is 12.3 Å². The molecule has 1 aromatic heterocycles. The molecule has 2 aromatic rings. The maximum Gasteiger partial charge on any atom is 0.147 e. The van der Waals surface area contributed by atoms with Gasteiger partial charge in [0.25, 0.3) is 0 Å². The maximum absolute atomic E-state index is 13.1. The predicted molar refractivity (Wildman–Crippen MR) is 59.9 cm³/mol. The third kappa shape index (κ3) is 2.39. The first-order valence-electron chi connectivity index (χ1n) is 4.77. The highest BCUT2D eigenvalue weighted by atomic mass is 19.1. The van der Waals surface area contributed by atoms with Gasteiger partial charge in [-0.25, -0.2) is 4.39 Å². The third-order valence-electron chi connectivity index (χ3n) is 2.03. The van der Waals surface area contributed by atoms with Gasteiger partial charge in [-0.05, 0) is 24.3 Å². The number of hydrogen-bond acceptors (Lipinski definition) is 2. The van der Waals surface area contributed by atoms with Crippen LogP contribution in [0.1, 0.15) is 5.56 Å². The Balaban J connectivity index is 2.09. The number of halogens is 1. The van der Waals surface area contributed by atoms with Crippen molar-refractivity contribution in [3.8, 4) is 11.8 Å². The van der Waals surface area contributed by atoms with Gasteiger partial charge in [0.1, 0.15) is 12.4 Å². The first kappa shape index (κ1) is 10.2. The lowest BCUT2D eigenvalue weighted by Crippen LogP contribution is -1.95. The molecule has 0 aliphatic carbocycles. The Kier molecular flexibility index (Phi) is 2.88. The maximum atomic E-state index is 13.1. The van der Waals surface area contributed by atoms with E-state index in [0.717, 1.165) is 0 Å². The van der Waals surface area contributed by atoms with Gasteiger partial charge in [-0.1, -0.05) is 11.8 Å². The summed E-state index contributed by atoms with van der Waals surface area (Å²) in [5.74, 6) is 5.30. The third-order valence-corrected chi connectivity index (χ3v) is 2.03. The van der Waals surface area contributed by atoms with Crippen molar-refractivity contribution in [3.63, 3.8) is 0 Å². The van der Waals surface area contributed by atoms with Crippen molar-refractivity contribution in [1.29, 1.82) is 0 Å². The van der Waals surface area contributed by atoms with Crippen LogP contribution < -0.4 is 5.73 Å². The van der Waals surface area contributed by atoms with Gasteiger partial charge in [-0.2, -0.15) is 5.10 Å². The number of nitrogens with two attached hydrogens (primary N) is 1.